The third kappa shape index (κ3) is 4.49. The fourth-order valence-electron chi connectivity index (χ4n) is 2.04. The lowest BCUT2D eigenvalue weighted by molar-refractivity contribution is 0.532. The first kappa shape index (κ1) is 16.4. The van der Waals surface area contributed by atoms with Crippen molar-refractivity contribution in [2.75, 3.05) is 16.3 Å². The maximum Gasteiger partial charge on any atom is 0.229 e. The van der Waals surface area contributed by atoms with Crippen LogP contribution in [0.4, 0.5) is 11.4 Å². The van der Waals surface area contributed by atoms with Gasteiger partial charge in [0.25, 0.3) is 0 Å². The topological polar surface area (TPSA) is 76.0 Å². The molecule has 22 heavy (non-hydrogen) atoms. The first-order valence-corrected chi connectivity index (χ1v) is 9.02. The van der Waals surface area contributed by atoms with E-state index in [2.05, 4.69) is 35.9 Å². The van der Waals surface area contributed by atoms with E-state index in [1.807, 2.05) is 29.2 Å². The molecule has 0 amide bonds. The fraction of sp³-hybridized carbons (Fsp3) is 0.400. The standard InChI is InChI=1S/C15H22N4O2S/c1-11(2)19-10-13(9-16-19)12(3)17-14-5-7-15(8-6-14)18-22(4,20)21/h5-12,17-18H,1-4H3/t12-/m1/s1. The summed E-state index contributed by atoms with van der Waals surface area (Å²) in [5.74, 6) is 0. The maximum atomic E-state index is 11.2. The highest BCUT2D eigenvalue weighted by atomic mass is 32.2. The van der Waals surface area contributed by atoms with Crippen molar-refractivity contribution in [3.8, 4) is 0 Å². The Morgan fingerprint density at radius 3 is 2.18 bits per heavy atom. The summed E-state index contributed by atoms with van der Waals surface area (Å²) in [4.78, 5) is 0. The first-order chi connectivity index (χ1) is 10.2. The van der Waals surface area contributed by atoms with Crippen LogP contribution in [0.1, 0.15) is 38.4 Å². The van der Waals surface area contributed by atoms with Crippen molar-refractivity contribution in [3.05, 3.63) is 42.2 Å². The van der Waals surface area contributed by atoms with Crippen LogP contribution in [0.3, 0.4) is 0 Å². The smallest absolute Gasteiger partial charge is 0.229 e. The molecule has 1 heterocycles. The van der Waals surface area contributed by atoms with E-state index >= 15 is 0 Å². The van der Waals surface area contributed by atoms with Crippen LogP contribution in [0.25, 0.3) is 0 Å². The highest BCUT2D eigenvalue weighted by Gasteiger charge is 2.09. The predicted molar refractivity (Wildman–Crippen MR) is 89.6 cm³/mol. The average Bonchev–Trinajstić information content (AvgIpc) is 2.89. The number of nitrogens with zero attached hydrogens (tertiary/aromatic N) is 2. The molecular weight excluding hydrogens is 300 g/mol. The van der Waals surface area contributed by atoms with Crippen LogP contribution in [0.15, 0.2) is 36.7 Å². The SMILES string of the molecule is CC(C)n1cc([C@@H](C)Nc2ccc(NS(C)(=O)=O)cc2)cn1. The minimum atomic E-state index is -3.24. The molecule has 6 nitrogen and oxygen atoms in total. The Morgan fingerprint density at radius 1 is 1.09 bits per heavy atom. The lowest BCUT2D eigenvalue weighted by Crippen LogP contribution is -2.10. The highest BCUT2D eigenvalue weighted by Crippen LogP contribution is 2.21. The monoisotopic (exact) mass is 322 g/mol. The minimum Gasteiger partial charge on any atom is -0.378 e. The van der Waals surface area contributed by atoms with Gasteiger partial charge in [0.15, 0.2) is 0 Å². The largest absolute Gasteiger partial charge is 0.378 e. The van der Waals surface area contributed by atoms with Crippen LogP contribution in [-0.4, -0.2) is 24.5 Å². The van der Waals surface area contributed by atoms with Gasteiger partial charge in [-0.25, -0.2) is 8.42 Å². The van der Waals surface area contributed by atoms with Crippen LogP contribution in [0.2, 0.25) is 0 Å². The molecule has 7 heteroatoms. The number of hydrogen-bond acceptors (Lipinski definition) is 4. The zero-order valence-electron chi connectivity index (χ0n) is 13.2. The van der Waals surface area contributed by atoms with Crippen molar-refractivity contribution in [2.45, 2.75) is 32.9 Å². The molecule has 0 aliphatic carbocycles. The van der Waals surface area contributed by atoms with Gasteiger partial charge in [-0.3, -0.25) is 9.40 Å². The molecule has 0 bridgehead atoms. The van der Waals surface area contributed by atoms with Crippen LogP contribution in [0.5, 0.6) is 0 Å². The molecule has 0 aliphatic heterocycles. The second kappa shape index (κ2) is 6.39. The Hall–Kier alpha value is -2.02. The van der Waals surface area contributed by atoms with Crippen molar-refractivity contribution < 1.29 is 8.42 Å². The fourth-order valence-corrected chi connectivity index (χ4v) is 2.60. The zero-order chi connectivity index (χ0) is 16.3. The molecule has 0 radical (unpaired) electrons. The third-order valence-electron chi connectivity index (χ3n) is 3.22. The Morgan fingerprint density at radius 2 is 1.68 bits per heavy atom. The van der Waals surface area contributed by atoms with E-state index in [0.29, 0.717) is 11.7 Å². The molecule has 0 aliphatic rings. The van der Waals surface area contributed by atoms with E-state index in [9.17, 15) is 8.42 Å². The zero-order valence-corrected chi connectivity index (χ0v) is 14.1. The van der Waals surface area contributed by atoms with Gasteiger partial charge < -0.3 is 5.32 Å². The van der Waals surface area contributed by atoms with Crippen LogP contribution in [-0.2, 0) is 10.0 Å². The van der Waals surface area contributed by atoms with E-state index in [0.717, 1.165) is 17.5 Å². The third-order valence-corrected chi connectivity index (χ3v) is 3.83. The van der Waals surface area contributed by atoms with Gasteiger partial charge in [0.05, 0.1) is 18.5 Å². The summed E-state index contributed by atoms with van der Waals surface area (Å²) in [5.41, 5.74) is 2.57. The quantitative estimate of drug-likeness (QED) is 0.857. The van der Waals surface area contributed by atoms with E-state index < -0.39 is 10.0 Å². The average molecular weight is 322 g/mol. The van der Waals surface area contributed by atoms with Crippen molar-refractivity contribution in [2.24, 2.45) is 0 Å². The summed E-state index contributed by atoms with van der Waals surface area (Å²) in [5, 5.41) is 7.70. The summed E-state index contributed by atoms with van der Waals surface area (Å²) in [7, 11) is -3.24. The van der Waals surface area contributed by atoms with Crippen molar-refractivity contribution in [1.82, 2.24) is 9.78 Å². The normalized spacial score (nSPS) is 13.1. The maximum absolute atomic E-state index is 11.2. The van der Waals surface area contributed by atoms with Gasteiger partial charge in [-0.15, -0.1) is 0 Å². The van der Waals surface area contributed by atoms with Gasteiger partial charge in [0.2, 0.25) is 10.0 Å². The highest BCUT2D eigenvalue weighted by molar-refractivity contribution is 7.92. The van der Waals surface area contributed by atoms with E-state index in [1.165, 1.54) is 0 Å². The van der Waals surface area contributed by atoms with Crippen LogP contribution >= 0.6 is 0 Å². The van der Waals surface area contributed by atoms with Crippen molar-refractivity contribution in [1.29, 1.82) is 0 Å². The predicted octanol–water partition coefficient (Wildman–Crippen LogP) is 3.01. The number of rotatable bonds is 6. The molecule has 0 spiro atoms. The van der Waals surface area contributed by atoms with Crippen molar-refractivity contribution in [3.63, 3.8) is 0 Å². The molecule has 0 unspecified atom stereocenters. The minimum absolute atomic E-state index is 0.112. The number of anilines is 2. The number of sulfonamides is 1. The van der Waals surface area contributed by atoms with Crippen LogP contribution < -0.4 is 10.0 Å². The molecule has 0 saturated carbocycles. The number of nitrogens with one attached hydrogen (secondary N) is 2. The van der Waals surface area contributed by atoms with E-state index in [1.54, 1.807) is 12.1 Å². The second-order valence-corrected chi connectivity index (χ2v) is 7.41. The molecule has 2 N–H and O–H groups in total. The van der Waals surface area contributed by atoms with Gasteiger partial charge in [0.1, 0.15) is 0 Å². The van der Waals surface area contributed by atoms with Gasteiger partial charge >= 0.3 is 0 Å². The number of hydrogen-bond donors (Lipinski definition) is 2. The molecule has 2 aromatic rings. The van der Waals surface area contributed by atoms with Gasteiger partial charge in [-0.2, -0.15) is 5.10 Å². The summed E-state index contributed by atoms with van der Waals surface area (Å²) in [6.07, 6.45) is 5.02. The molecule has 0 saturated heterocycles. The molecule has 120 valence electrons. The first-order valence-electron chi connectivity index (χ1n) is 7.13. The van der Waals surface area contributed by atoms with Gasteiger partial charge in [-0.05, 0) is 45.0 Å². The Labute approximate surface area is 131 Å². The van der Waals surface area contributed by atoms with Crippen molar-refractivity contribution >= 4 is 21.4 Å². The molecule has 1 aromatic heterocycles. The lowest BCUT2D eigenvalue weighted by Gasteiger charge is -2.14. The van der Waals surface area contributed by atoms with E-state index in [4.69, 9.17) is 0 Å². The molecule has 0 fully saturated rings. The number of aromatic nitrogens is 2. The number of benzene rings is 1. The molecule has 1 atom stereocenters. The Bertz CT molecular complexity index is 720. The molecule has 2 rings (SSSR count). The lowest BCUT2D eigenvalue weighted by atomic mass is 10.2. The van der Waals surface area contributed by atoms with Gasteiger partial charge in [-0.1, -0.05) is 0 Å². The van der Waals surface area contributed by atoms with Crippen LogP contribution in [0, 0.1) is 0 Å². The summed E-state index contributed by atoms with van der Waals surface area (Å²) in [6, 6.07) is 7.60. The Kier molecular flexibility index (Phi) is 4.75. The summed E-state index contributed by atoms with van der Waals surface area (Å²) >= 11 is 0. The summed E-state index contributed by atoms with van der Waals surface area (Å²) < 4.78 is 26.7. The summed E-state index contributed by atoms with van der Waals surface area (Å²) in [6.45, 7) is 6.23. The molecular formula is C15H22N4O2S. The Balaban J connectivity index is 2.03. The van der Waals surface area contributed by atoms with E-state index in [-0.39, 0.29) is 6.04 Å². The van der Waals surface area contributed by atoms with Gasteiger partial charge in [0, 0.05) is 29.2 Å². The molecule has 1 aromatic carbocycles. The second-order valence-electron chi connectivity index (χ2n) is 5.67.